The molecule has 8 nitrogen and oxygen atoms in total. The van der Waals surface area contributed by atoms with Crippen LogP contribution in [0.5, 0.6) is 0 Å². The van der Waals surface area contributed by atoms with Gasteiger partial charge in [0.15, 0.2) is 0 Å². The third-order valence-electron chi connectivity index (χ3n) is 7.17. The van der Waals surface area contributed by atoms with Crippen LogP contribution in [0.2, 0.25) is 0 Å². The van der Waals surface area contributed by atoms with Crippen LogP contribution in [0.4, 0.5) is 4.79 Å². The van der Waals surface area contributed by atoms with Crippen molar-refractivity contribution >= 4 is 24.4 Å². The van der Waals surface area contributed by atoms with Crippen molar-refractivity contribution in [3.63, 3.8) is 0 Å². The van der Waals surface area contributed by atoms with Gasteiger partial charge >= 0.3 is 12.1 Å². The lowest BCUT2D eigenvalue weighted by Gasteiger charge is -2.38. The number of nitrogens with zero attached hydrogens (tertiary/aromatic N) is 1. The summed E-state index contributed by atoms with van der Waals surface area (Å²) in [6.07, 6.45) is 10.4. The van der Waals surface area contributed by atoms with Gasteiger partial charge in [0.25, 0.3) is 0 Å². The van der Waals surface area contributed by atoms with Crippen molar-refractivity contribution in [1.82, 2.24) is 15.5 Å². The van der Waals surface area contributed by atoms with E-state index in [2.05, 4.69) is 47.9 Å². The van der Waals surface area contributed by atoms with Crippen LogP contribution in [0.1, 0.15) is 71.8 Å². The summed E-state index contributed by atoms with van der Waals surface area (Å²) in [5.41, 5.74) is 2.73. The van der Waals surface area contributed by atoms with E-state index in [9.17, 15) is 9.59 Å². The molecule has 2 aliphatic rings. The number of amides is 1. The van der Waals surface area contributed by atoms with Gasteiger partial charge in [-0.05, 0) is 70.4 Å². The predicted octanol–water partition coefficient (Wildman–Crippen LogP) is 5.21. The maximum atomic E-state index is 13.4. The van der Waals surface area contributed by atoms with Crippen molar-refractivity contribution in [3.05, 3.63) is 53.2 Å². The summed E-state index contributed by atoms with van der Waals surface area (Å²) in [4.78, 5) is 26.2. The van der Waals surface area contributed by atoms with Gasteiger partial charge in [-0.1, -0.05) is 48.9 Å². The van der Waals surface area contributed by atoms with Gasteiger partial charge in [0.05, 0.1) is 0 Å². The molecule has 0 spiro atoms. The van der Waals surface area contributed by atoms with Gasteiger partial charge in [0.2, 0.25) is 0 Å². The number of benzene rings is 1. The topological polar surface area (TPSA) is 115 Å². The average Bonchev–Trinajstić information content (AvgIpc) is 3.65. The Bertz CT molecular complexity index is 1010. The molecule has 1 amide bonds. The highest BCUT2D eigenvalue weighted by Gasteiger charge is 2.49. The van der Waals surface area contributed by atoms with Crippen molar-refractivity contribution < 1.29 is 19.4 Å². The summed E-state index contributed by atoms with van der Waals surface area (Å²) in [5, 5.41) is 22.6. The molecule has 4 N–H and O–H groups in total. The first-order valence-corrected chi connectivity index (χ1v) is 13.8. The van der Waals surface area contributed by atoms with Gasteiger partial charge < -0.3 is 30.8 Å². The number of carboxylic acids is 1. The Hall–Kier alpha value is -3.13. The molecule has 1 aromatic carbocycles. The molecule has 2 aliphatic carbocycles. The fraction of sp³-hybridized carbons (Fsp3) is 0.567. The number of rotatable bonds is 12. The second kappa shape index (κ2) is 13.6. The number of nitrogens with one attached hydrogen (secondary N) is 3. The minimum absolute atomic E-state index is 0.141. The Kier molecular flexibility index (Phi) is 10.5. The smallest absolute Gasteiger partial charge is 0.410 e. The van der Waals surface area contributed by atoms with E-state index in [4.69, 9.17) is 15.3 Å². The highest BCUT2D eigenvalue weighted by molar-refractivity contribution is 5.76. The third kappa shape index (κ3) is 9.01. The Balaban J connectivity index is 1.63. The number of hydrogen-bond donors (Lipinski definition) is 4. The first-order valence-electron chi connectivity index (χ1n) is 13.8. The van der Waals surface area contributed by atoms with Crippen LogP contribution in [-0.2, 0) is 9.53 Å². The van der Waals surface area contributed by atoms with Crippen LogP contribution in [0, 0.1) is 11.3 Å². The van der Waals surface area contributed by atoms with E-state index >= 15 is 0 Å². The average molecular weight is 525 g/mol. The SMILES string of the molecule is CC/C(=C\c1ccccc1)[C@@H]1C[C@H]1N(C(=O)OC(C)(C)C)C1CCC(NC/C(C=N)=C/NCC(=O)O)CC1. The van der Waals surface area contributed by atoms with Crippen LogP contribution in [0.3, 0.4) is 0 Å². The maximum absolute atomic E-state index is 13.4. The summed E-state index contributed by atoms with van der Waals surface area (Å²) in [7, 11) is 0. The predicted molar refractivity (Wildman–Crippen MR) is 151 cm³/mol. The largest absolute Gasteiger partial charge is 0.480 e. The molecule has 3 rings (SSSR count). The molecule has 0 heterocycles. The van der Waals surface area contributed by atoms with E-state index < -0.39 is 11.6 Å². The summed E-state index contributed by atoms with van der Waals surface area (Å²) in [5.74, 6) is -0.576. The van der Waals surface area contributed by atoms with Crippen LogP contribution in [0.25, 0.3) is 6.08 Å². The molecule has 2 saturated carbocycles. The van der Waals surface area contributed by atoms with Crippen molar-refractivity contribution in [2.24, 2.45) is 5.92 Å². The minimum atomic E-state index is -0.939. The van der Waals surface area contributed by atoms with Crippen LogP contribution in [-0.4, -0.2) is 65.1 Å². The lowest BCUT2D eigenvalue weighted by atomic mass is 9.89. The number of hydrogen-bond acceptors (Lipinski definition) is 6. The van der Waals surface area contributed by atoms with Gasteiger partial charge in [0, 0.05) is 43.0 Å². The number of aliphatic carboxylic acids is 1. The van der Waals surface area contributed by atoms with E-state index in [0.717, 1.165) is 38.5 Å². The molecular formula is C30H44N4O4. The molecule has 38 heavy (non-hydrogen) atoms. The van der Waals surface area contributed by atoms with Gasteiger partial charge in [-0.15, -0.1) is 0 Å². The molecule has 1 aromatic rings. The molecule has 0 bridgehead atoms. The molecule has 0 unspecified atom stereocenters. The highest BCUT2D eigenvalue weighted by atomic mass is 16.6. The molecule has 2 atom stereocenters. The highest BCUT2D eigenvalue weighted by Crippen LogP contribution is 2.46. The lowest BCUT2D eigenvalue weighted by Crippen LogP contribution is -2.48. The molecule has 0 saturated heterocycles. The first-order chi connectivity index (χ1) is 18.1. The first kappa shape index (κ1) is 29.4. The summed E-state index contributed by atoms with van der Waals surface area (Å²) in [6.45, 7) is 8.26. The van der Waals surface area contributed by atoms with Gasteiger partial charge in [-0.25, -0.2) is 4.79 Å². The summed E-state index contributed by atoms with van der Waals surface area (Å²) >= 11 is 0. The van der Waals surface area contributed by atoms with Gasteiger partial charge in [-0.3, -0.25) is 4.79 Å². The molecule has 208 valence electrons. The molecule has 2 fully saturated rings. The number of carboxylic acid groups (broad SMARTS) is 1. The summed E-state index contributed by atoms with van der Waals surface area (Å²) in [6, 6.07) is 11.0. The fourth-order valence-electron chi connectivity index (χ4n) is 5.23. The molecule has 8 heteroatoms. The zero-order valence-electron chi connectivity index (χ0n) is 23.2. The normalized spacial score (nSPS) is 23.9. The molecule has 0 aromatic heterocycles. The van der Waals surface area contributed by atoms with E-state index in [1.165, 1.54) is 17.4 Å². The third-order valence-corrected chi connectivity index (χ3v) is 7.17. The van der Waals surface area contributed by atoms with E-state index in [-0.39, 0.29) is 30.8 Å². The Morgan fingerprint density at radius 3 is 2.39 bits per heavy atom. The van der Waals surface area contributed by atoms with Crippen molar-refractivity contribution in [2.75, 3.05) is 13.1 Å². The Labute approximate surface area is 227 Å². The van der Waals surface area contributed by atoms with Crippen molar-refractivity contribution in [2.45, 2.75) is 89.9 Å². The van der Waals surface area contributed by atoms with Crippen LogP contribution in [0.15, 0.2) is 47.7 Å². The van der Waals surface area contributed by atoms with Gasteiger partial charge in [0.1, 0.15) is 12.1 Å². The Morgan fingerprint density at radius 1 is 1.13 bits per heavy atom. The second-order valence-electron chi connectivity index (χ2n) is 11.3. The fourth-order valence-corrected chi connectivity index (χ4v) is 5.23. The number of ether oxygens (including phenoxy) is 1. The monoisotopic (exact) mass is 524 g/mol. The quantitative estimate of drug-likeness (QED) is 0.279. The standard InChI is InChI=1S/C30H44N4O4/c1-5-23(15-21-9-7-6-8-10-21)26-16-27(26)34(29(37)38-30(2,3)4)25-13-11-24(12-14-25)33-19-22(17-31)18-32-20-28(35)36/h6-10,15,17-18,24-27,31-33H,5,11-14,16,19-20H2,1-4H3,(H,35,36)/b22-18+,23-15+,31-17?/t24?,25?,26-,27+/m0/s1. The van der Waals surface area contributed by atoms with Crippen molar-refractivity contribution in [1.29, 1.82) is 5.41 Å². The van der Waals surface area contributed by atoms with E-state index in [1.807, 2.05) is 31.7 Å². The Morgan fingerprint density at radius 2 is 1.82 bits per heavy atom. The van der Waals surface area contributed by atoms with E-state index in [0.29, 0.717) is 18.0 Å². The second-order valence-corrected chi connectivity index (χ2v) is 11.3. The zero-order chi connectivity index (χ0) is 27.7. The van der Waals surface area contributed by atoms with Crippen LogP contribution < -0.4 is 10.6 Å². The van der Waals surface area contributed by atoms with Crippen molar-refractivity contribution in [3.8, 4) is 0 Å². The maximum Gasteiger partial charge on any atom is 0.410 e. The number of carbonyl (C=O) groups excluding carboxylic acids is 1. The minimum Gasteiger partial charge on any atom is -0.480 e. The lowest BCUT2D eigenvalue weighted by molar-refractivity contribution is -0.135. The molecule has 0 radical (unpaired) electrons. The van der Waals surface area contributed by atoms with Crippen LogP contribution >= 0.6 is 0 Å². The molecular weight excluding hydrogens is 480 g/mol. The van der Waals surface area contributed by atoms with E-state index in [1.54, 1.807) is 6.20 Å². The number of carbonyl (C=O) groups is 2. The zero-order valence-corrected chi connectivity index (χ0v) is 23.2. The molecule has 0 aliphatic heterocycles. The van der Waals surface area contributed by atoms with Gasteiger partial charge in [-0.2, -0.15) is 0 Å². The summed E-state index contributed by atoms with van der Waals surface area (Å²) < 4.78 is 5.88.